The van der Waals surface area contributed by atoms with E-state index < -0.39 is 0 Å². The molecule has 4 nitrogen and oxygen atoms in total. The molecule has 0 aliphatic rings. The van der Waals surface area contributed by atoms with Crippen LogP contribution in [0.3, 0.4) is 0 Å². The van der Waals surface area contributed by atoms with Gasteiger partial charge in [0.25, 0.3) is 0 Å². The van der Waals surface area contributed by atoms with E-state index in [0.29, 0.717) is 13.0 Å². The van der Waals surface area contributed by atoms with E-state index in [1.54, 1.807) is 0 Å². The highest BCUT2D eigenvalue weighted by Crippen LogP contribution is 2.08. The highest BCUT2D eigenvalue weighted by atomic mass is 32.2. The summed E-state index contributed by atoms with van der Waals surface area (Å²) in [6, 6.07) is 0. The maximum absolute atomic E-state index is 11.0. The number of carbonyl (C=O) groups is 1. The number of nitrogens with two attached hydrogens (primary N) is 2. The van der Waals surface area contributed by atoms with Crippen LogP contribution in [-0.2, 0) is 9.53 Å². The Morgan fingerprint density at radius 3 is 2.73 bits per heavy atom. The van der Waals surface area contributed by atoms with Crippen LogP contribution in [0, 0.1) is 0 Å². The molecular weight excluding hydrogens is 164 g/mol. The Balaban J connectivity index is 3.61. The van der Waals surface area contributed by atoms with Crippen molar-refractivity contribution in [2.45, 2.75) is 18.6 Å². The minimum atomic E-state index is -0.273. The van der Waals surface area contributed by atoms with E-state index in [4.69, 9.17) is 15.6 Å². The Morgan fingerprint density at radius 1 is 1.73 bits per heavy atom. The Bertz CT molecular complexity index is 117. The van der Waals surface area contributed by atoms with Gasteiger partial charge in [0.1, 0.15) is 11.9 Å². The van der Waals surface area contributed by atoms with E-state index in [0.717, 1.165) is 11.9 Å². The van der Waals surface area contributed by atoms with Crippen molar-refractivity contribution in [3.05, 3.63) is 0 Å². The van der Waals surface area contributed by atoms with Crippen LogP contribution in [0.2, 0.25) is 0 Å². The average Bonchev–Trinajstić information content (AvgIpc) is 2.03. The molecule has 0 aromatic carbocycles. The van der Waals surface area contributed by atoms with E-state index in [-0.39, 0.29) is 17.8 Å². The lowest BCUT2D eigenvalue weighted by atomic mass is 10.3. The van der Waals surface area contributed by atoms with Crippen LogP contribution < -0.4 is 10.9 Å². The molecule has 0 amide bonds. The molecule has 5 heteroatoms. The number of hydrogen-bond acceptors (Lipinski definition) is 5. The Morgan fingerprint density at radius 2 is 2.36 bits per heavy atom. The topological polar surface area (TPSA) is 78.3 Å². The molecule has 0 radical (unpaired) electrons. The molecule has 0 bridgehead atoms. The maximum Gasteiger partial charge on any atom is 0.320 e. The lowest BCUT2D eigenvalue weighted by Crippen LogP contribution is -2.23. The molecule has 1 unspecified atom stereocenters. The molecule has 0 saturated heterocycles. The highest BCUT2D eigenvalue weighted by Gasteiger charge is 2.16. The van der Waals surface area contributed by atoms with Gasteiger partial charge in [0.15, 0.2) is 0 Å². The predicted octanol–water partition coefficient (Wildman–Crippen LogP) is -0.126. The molecule has 11 heavy (non-hydrogen) atoms. The van der Waals surface area contributed by atoms with Gasteiger partial charge in [0.05, 0.1) is 0 Å². The van der Waals surface area contributed by atoms with Gasteiger partial charge in [-0.3, -0.25) is 9.93 Å². The summed E-state index contributed by atoms with van der Waals surface area (Å²) in [7, 11) is 0. The van der Waals surface area contributed by atoms with Crippen molar-refractivity contribution >= 4 is 17.9 Å². The number of ether oxygens (including phenoxy) is 1. The van der Waals surface area contributed by atoms with Gasteiger partial charge in [-0.1, -0.05) is 18.9 Å². The zero-order chi connectivity index (χ0) is 8.69. The largest absolute Gasteiger partial charge is 0.463 e. The summed E-state index contributed by atoms with van der Waals surface area (Å²) >= 11 is 1.01. The fourth-order valence-electron chi connectivity index (χ4n) is 0.571. The first-order valence-electron chi connectivity index (χ1n) is 3.48. The van der Waals surface area contributed by atoms with E-state index in [9.17, 15) is 4.79 Å². The fraction of sp³-hybridized carbons (Fsp3) is 0.833. The molecule has 4 N–H and O–H groups in total. The van der Waals surface area contributed by atoms with Gasteiger partial charge in [-0.15, -0.1) is 0 Å². The Labute approximate surface area is 70.8 Å². The second kappa shape index (κ2) is 6.45. The first-order valence-corrected chi connectivity index (χ1v) is 4.42. The summed E-state index contributed by atoms with van der Waals surface area (Å²) in [6.07, 6.45) is 0.685. The molecule has 0 rings (SSSR count). The highest BCUT2D eigenvalue weighted by molar-refractivity contribution is 7.98. The summed E-state index contributed by atoms with van der Waals surface area (Å²) in [6.45, 7) is 2.52. The van der Waals surface area contributed by atoms with Crippen molar-refractivity contribution in [3.8, 4) is 0 Å². The number of carbonyl (C=O) groups excluding carboxylic acids is 1. The molecule has 66 valence electrons. The van der Waals surface area contributed by atoms with Gasteiger partial charge in [0, 0.05) is 6.54 Å². The standard InChI is InChI=1S/C6H14N2O2S/c1-2-5(11-8)6(9)10-4-3-7/h5H,2-4,7-8H2,1H3. The lowest BCUT2D eigenvalue weighted by Gasteiger charge is -2.09. The Hall–Kier alpha value is -0.260. The molecule has 0 saturated carbocycles. The van der Waals surface area contributed by atoms with Crippen LogP contribution >= 0.6 is 11.9 Å². The molecule has 0 aromatic heterocycles. The third kappa shape index (κ3) is 4.23. The van der Waals surface area contributed by atoms with Crippen molar-refractivity contribution in [1.82, 2.24) is 0 Å². The van der Waals surface area contributed by atoms with Gasteiger partial charge >= 0.3 is 5.97 Å². The van der Waals surface area contributed by atoms with E-state index in [1.807, 2.05) is 6.92 Å². The van der Waals surface area contributed by atoms with E-state index in [1.165, 1.54) is 0 Å². The van der Waals surface area contributed by atoms with Gasteiger partial charge < -0.3 is 10.5 Å². The van der Waals surface area contributed by atoms with Crippen molar-refractivity contribution in [2.75, 3.05) is 13.2 Å². The quantitative estimate of drug-likeness (QED) is 0.453. The molecule has 0 aliphatic carbocycles. The monoisotopic (exact) mass is 178 g/mol. The molecule has 0 aliphatic heterocycles. The predicted molar refractivity (Wildman–Crippen MR) is 45.9 cm³/mol. The minimum Gasteiger partial charge on any atom is -0.463 e. The van der Waals surface area contributed by atoms with Crippen molar-refractivity contribution in [2.24, 2.45) is 10.9 Å². The van der Waals surface area contributed by atoms with Crippen LogP contribution in [0.1, 0.15) is 13.3 Å². The summed E-state index contributed by atoms with van der Waals surface area (Å²) < 4.78 is 4.77. The normalized spacial score (nSPS) is 12.6. The molecule has 0 fully saturated rings. The first kappa shape index (κ1) is 10.7. The zero-order valence-electron chi connectivity index (χ0n) is 6.58. The minimum absolute atomic E-state index is 0.249. The van der Waals surface area contributed by atoms with Crippen LogP contribution in [0.15, 0.2) is 0 Å². The van der Waals surface area contributed by atoms with E-state index in [2.05, 4.69) is 0 Å². The van der Waals surface area contributed by atoms with Crippen LogP contribution in [0.5, 0.6) is 0 Å². The van der Waals surface area contributed by atoms with Crippen molar-refractivity contribution in [3.63, 3.8) is 0 Å². The summed E-state index contributed by atoms with van der Waals surface area (Å²) in [5, 5.41) is 4.99. The van der Waals surface area contributed by atoms with Crippen LogP contribution in [0.4, 0.5) is 0 Å². The third-order valence-electron chi connectivity index (χ3n) is 1.16. The average molecular weight is 178 g/mol. The van der Waals surface area contributed by atoms with Gasteiger partial charge in [0.2, 0.25) is 0 Å². The SMILES string of the molecule is CCC(SN)C(=O)OCCN. The summed E-state index contributed by atoms with van der Waals surface area (Å²) in [4.78, 5) is 11.0. The fourth-order valence-corrected chi connectivity index (χ4v) is 0.943. The molecule has 0 heterocycles. The van der Waals surface area contributed by atoms with Crippen molar-refractivity contribution in [1.29, 1.82) is 0 Å². The number of esters is 1. The molecular formula is C6H14N2O2S. The maximum atomic E-state index is 11.0. The molecule has 1 atom stereocenters. The molecule has 0 spiro atoms. The zero-order valence-corrected chi connectivity index (χ0v) is 7.39. The van der Waals surface area contributed by atoms with Gasteiger partial charge in [-0.2, -0.15) is 0 Å². The van der Waals surface area contributed by atoms with E-state index >= 15 is 0 Å². The van der Waals surface area contributed by atoms with Gasteiger partial charge in [-0.25, -0.2) is 0 Å². The third-order valence-corrected chi connectivity index (χ3v) is 2.01. The van der Waals surface area contributed by atoms with Gasteiger partial charge in [-0.05, 0) is 6.42 Å². The van der Waals surface area contributed by atoms with Crippen molar-refractivity contribution < 1.29 is 9.53 Å². The first-order chi connectivity index (χ1) is 5.26. The van der Waals surface area contributed by atoms with Crippen LogP contribution in [0.25, 0.3) is 0 Å². The molecule has 0 aromatic rings. The number of hydrogen-bond donors (Lipinski definition) is 2. The second-order valence-electron chi connectivity index (χ2n) is 1.99. The summed E-state index contributed by atoms with van der Waals surface area (Å²) in [5.74, 6) is -0.273. The lowest BCUT2D eigenvalue weighted by molar-refractivity contribution is -0.142. The smallest absolute Gasteiger partial charge is 0.320 e. The second-order valence-corrected chi connectivity index (χ2v) is 2.83. The van der Waals surface area contributed by atoms with Crippen LogP contribution in [-0.4, -0.2) is 24.4 Å². The number of rotatable bonds is 5. The summed E-state index contributed by atoms with van der Waals surface area (Å²) in [5.41, 5.74) is 5.14. The Kier molecular flexibility index (Phi) is 6.30.